The Bertz CT molecular complexity index is 3410. The van der Waals surface area contributed by atoms with Crippen LogP contribution in [0.1, 0.15) is 25.0 Å². The average Bonchev–Trinajstić information content (AvgIpc) is 3.53. The van der Waals surface area contributed by atoms with Crippen molar-refractivity contribution in [3.8, 4) is 56.4 Å². The summed E-state index contributed by atoms with van der Waals surface area (Å²) in [7, 11) is 0. The molecule has 12 rings (SSSR count). The van der Waals surface area contributed by atoms with Crippen LogP contribution in [-0.2, 0) is 5.41 Å². The highest BCUT2D eigenvalue weighted by Gasteiger charge is 2.35. The molecule has 0 saturated heterocycles. The summed E-state index contributed by atoms with van der Waals surface area (Å²) in [5.74, 6) is 1.95. The zero-order valence-corrected chi connectivity index (χ0v) is 32.7. The molecule has 0 atom stereocenters. The Kier molecular flexibility index (Phi) is 7.27. The molecule has 1 aliphatic rings. The fourth-order valence-corrected chi connectivity index (χ4v) is 9.84. The normalized spacial score (nSPS) is 13.1. The van der Waals surface area contributed by atoms with Gasteiger partial charge in [0.05, 0.1) is 0 Å². The Labute approximate surface area is 342 Å². The second-order valence-electron chi connectivity index (χ2n) is 16.3. The van der Waals surface area contributed by atoms with E-state index in [1.165, 1.54) is 54.9 Å². The van der Waals surface area contributed by atoms with E-state index in [0.717, 1.165) is 49.0 Å². The van der Waals surface area contributed by atoms with Crippen LogP contribution in [0.3, 0.4) is 0 Å². The Morgan fingerprint density at radius 2 is 0.695 bits per heavy atom. The predicted molar refractivity (Wildman–Crippen MR) is 247 cm³/mol. The summed E-state index contributed by atoms with van der Waals surface area (Å²) in [5, 5.41) is 11.6. The minimum Gasteiger partial charge on any atom is -0.208 e. The molecule has 0 aliphatic heterocycles. The van der Waals surface area contributed by atoms with Crippen LogP contribution < -0.4 is 0 Å². The summed E-state index contributed by atoms with van der Waals surface area (Å²) in [6, 6.07) is 67.8. The standard InChI is InChI=1S/C56H37N3/c1-56(2)51-28-12-11-23-46(51)47-30-29-36(33-52(47)56)39-24-13-26-43-42(39)25-14-27-48(43)53-57-54(49-31-34-15-3-5-17-37(34)40-19-7-9-21-44(40)49)59-55(58-53)50-32-35-16-4-6-18-38(35)41-20-8-10-22-45(41)50/h3-33H,1-2H3. The lowest BCUT2D eigenvalue weighted by Crippen LogP contribution is -2.14. The van der Waals surface area contributed by atoms with Crippen molar-refractivity contribution in [3.05, 3.63) is 199 Å². The highest BCUT2D eigenvalue weighted by molar-refractivity contribution is 6.15. The van der Waals surface area contributed by atoms with Crippen LogP contribution >= 0.6 is 0 Å². The molecule has 11 aromatic rings. The largest absolute Gasteiger partial charge is 0.208 e. The van der Waals surface area contributed by atoms with Gasteiger partial charge in [0.25, 0.3) is 0 Å². The van der Waals surface area contributed by atoms with E-state index in [0.29, 0.717) is 17.5 Å². The first-order valence-corrected chi connectivity index (χ1v) is 20.4. The lowest BCUT2D eigenvalue weighted by Gasteiger charge is -2.22. The maximum Gasteiger partial charge on any atom is 0.164 e. The molecule has 3 heteroatoms. The van der Waals surface area contributed by atoms with Crippen molar-refractivity contribution < 1.29 is 0 Å². The van der Waals surface area contributed by atoms with Crippen LogP contribution in [0.15, 0.2) is 188 Å². The summed E-state index contributed by atoms with van der Waals surface area (Å²) in [4.78, 5) is 16.2. The molecular formula is C56H37N3. The molecule has 0 amide bonds. The molecule has 59 heavy (non-hydrogen) atoms. The monoisotopic (exact) mass is 751 g/mol. The first-order chi connectivity index (χ1) is 29.0. The van der Waals surface area contributed by atoms with Crippen molar-refractivity contribution in [2.24, 2.45) is 0 Å². The van der Waals surface area contributed by atoms with Gasteiger partial charge >= 0.3 is 0 Å². The summed E-state index contributed by atoms with van der Waals surface area (Å²) >= 11 is 0. The number of fused-ring (bicyclic) bond motifs is 10. The molecule has 1 heterocycles. The molecule has 276 valence electrons. The summed E-state index contributed by atoms with van der Waals surface area (Å²) in [6.07, 6.45) is 0. The lowest BCUT2D eigenvalue weighted by atomic mass is 9.81. The molecule has 1 aliphatic carbocycles. The summed E-state index contributed by atoms with van der Waals surface area (Å²) < 4.78 is 0. The van der Waals surface area contributed by atoms with Crippen molar-refractivity contribution >= 4 is 53.9 Å². The zero-order chi connectivity index (χ0) is 39.2. The lowest BCUT2D eigenvalue weighted by molar-refractivity contribution is 0.660. The van der Waals surface area contributed by atoms with Gasteiger partial charge in [-0.25, -0.2) is 15.0 Å². The first-order valence-electron chi connectivity index (χ1n) is 20.4. The van der Waals surface area contributed by atoms with Gasteiger partial charge in [-0.15, -0.1) is 0 Å². The number of hydrogen-bond acceptors (Lipinski definition) is 3. The van der Waals surface area contributed by atoms with Crippen molar-refractivity contribution in [2.75, 3.05) is 0 Å². The minimum atomic E-state index is -0.0881. The number of nitrogens with zero attached hydrogens (tertiary/aromatic N) is 3. The molecule has 0 saturated carbocycles. The molecule has 0 N–H and O–H groups in total. The third-order valence-electron chi connectivity index (χ3n) is 12.7. The van der Waals surface area contributed by atoms with Gasteiger partial charge in [-0.1, -0.05) is 184 Å². The molecule has 0 fully saturated rings. The van der Waals surface area contributed by atoms with Crippen molar-refractivity contribution in [1.29, 1.82) is 0 Å². The Hall–Kier alpha value is -7.49. The third-order valence-corrected chi connectivity index (χ3v) is 12.7. The van der Waals surface area contributed by atoms with Crippen molar-refractivity contribution in [3.63, 3.8) is 0 Å². The first kappa shape index (κ1) is 33.6. The molecule has 10 aromatic carbocycles. The van der Waals surface area contributed by atoms with Crippen LogP contribution in [-0.4, -0.2) is 15.0 Å². The summed E-state index contributed by atoms with van der Waals surface area (Å²) in [5.41, 5.74) is 10.6. The van der Waals surface area contributed by atoms with Gasteiger partial charge in [-0.05, 0) is 105 Å². The smallest absolute Gasteiger partial charge is 0.164 e. The quantitative estimate of drug-likeness (QED) is 0.168. The van der Waals surface area contributed by atoms with E-state index in [4.69, 9.17) is 15.0 Å². The van der Waals surface area contributed by atoms with E-state index < -0.39 is 0 Å². The van der Waals surface area contributed by atoms with Crippen molar-refractivity contribution in [2.45, 2.75) is 19.3 Å². The molecular weight excluding hydrogens is 715 g/mol. The predicted octanol–water partition coefficient (Wildman–Crippen LogP) is 14.6. The molecule has 1 aromatic heterocycles. The Balaban J connectivity index is 1.11. The van der Waals surface area contributed by atoms with Gasteiger partial charge in [0, 0.05) is 22.1 Å². The number of hydrogen-bond donors (Lipinski definition) is 0. The van der Waals surface area contributed by atoms with E-state index in [1.807, 2.05) is 0 Å². The Morgan fingerprint density at radius 3 is 1.31 bits per heavy atom. The van der Waals surface area contributed by atoms with Gasteiger partial charge in [-0.3, -0.25) is 0 Å². The SMILES string of the molecule is CC1(C)c2ccccc2-c2ccc(-c3cccc4c(-c5nc(-c6cc7ccccc7c7ccccc67)nc(-c6cc7ccccc7c7ccccc67)n5)cccc34)cc21. The van der Waals surface area contributed by atoms with Gasteiger partial charge in [0.1, 0.15) is 0 Å². The van der Waals surface area contributed by atoms with Crippen LogP contribution in [0.5, 0.6) is 0 Å². The van der Waals surface area contributed by atoms with Crippen LogP contribution in [0, 0.1) is 0 Å². The van der Waals surface area contributed by atoms with Crippen LogP contribution in [0.2, 0.25) is 0 Å². The molecule has 3 nitrogen and oxygen atoms in total. The third kappa shape index (κ3) is 5.11. The highest BCUT2D eigenvalue weighted by Crippen LogP contribution is 2.50. The van der Waals surface area contributed by atoms with Crippen molar-refractivity contribution in [1.82, 2.24) is 15.0 Å². The van der Waals surface area contributed by atoms with E-state index in [9.17, 15) is 0 Å². The van der Waals surface area contributed by atoms with Crippen LogP contribution in [0.25, 0.3) is 110 Å². The van der Waals surface area contributed by atoms with E-state index >= 15 is 0 Å². The fraction of sp³-hybridized carbons (Fsp3) is 0.0536. The molecule has 0 bridgehead atoms. The van der Waals surface area contributed by atoms with Gasteiger partial charge < -0.3 is 0 Å². The molecule has 0 spiro atoms. The van der Waals surface area contributed by atoms with Gasteiger partial charge in [0.15, 0.2) is 17.5 Å². The maximum absolute atomic E-state index is 5.42. The van der Waals surface area contributed by atoms with Gasteiger partial charge in [0.2, 0.25) is 0 Å². The van der Waals surface area contributed by atoms with Crippen LogP contribution in [0.4, 0.5) is 0 Å². The second-order valence-corrected chi connectivity index (χ2v) is 16.3. The average molecular weight is 752 g/mol. The molecule has 0 radical (unpaired) electrons. The van der Waals surface area contributed by atoms with E-state index in [-0.39, 0.29) is 5.41 Å². The number of rotatable bonds is 4. The highest BCUT2D eigenvalue weighted by atomic mass is 15.0. The zero-order valence-electron chi connectivity index (χ0n) is 32.7. The topological polar surface area (TPSA) is 38.7 Å². The second kappa shape index (κ2) is 12.8. The summed E-state index contributed by atoms with van der Waals surface area (Å²) in [6.45, 7) is 4.69. The number of aromatic nitrogens is 3. The fourth-order valence-electron chi connectivity index (χ4n) is 9.84. The van der Waals surface area contributed by atoms with E-state index in [1.54, 1.807) is 0 Å². The van der Waals surface area contributed by atoms with Gasteiger partial charge in [-0.2, -0.15) is 0 Å². The minimum absolute atomic E-state index is 0.0881. The molecule has 0 unspecified atom stereocenters. The van der Waals surface area contributed by atoms with E-state index in [2.05, 4.69) is 202 Å². The maximum atomic E-state index is 5.42. The number of benzene rings is 10. The Morgan fingerprint density at radius 1 is 0.288 bits per heavy atom.